The summed E-state index contributed by atoms with van der Waals surface area (Å²) in [5.74, 6) is 2.03. The Morgan fingerprint density at radius 2 is 1.79 bits per heavy atom. The van der Waals surface area contributed by atoms with Crippen molar-refractivity contribution >= 4 is 34.7 Å². The molecule has 0 saturated carbocycles. The molecule has 0 fully saturated rings. The van der Waals surface area contributed by atoms with E-state index in [9.17, 15) is 0 Å². The molecule has 0 aliphatic rings. The molecule has 0 bridgehead atoms. The van der Waals surface area contributed by atoms with E-state index in [1.165, 1.54) is 0 Å². The minimum absolute atomic E-state index is 0.400. The minimum atomic E-state index is 0.400. The largest absolute Gasteiger partial charge is 0.495 e. The Labute approximate surface area is 167 Å². The summed E-state index contributed by atoms with van der Waals surface area (Å²) in [6.45, 7) is 1.86. The van der Waals surface area contributed by atoms with Crippen molar-refractivity contribution in [2.24, 2.45) is 0 Å². The molecule has 8 heteroatoms. The van der Waals surface area contributed by atoms with Crippen molar-refractivity contribution in [3.05, 3.63) is 58.7 Å². The van der Waals surface area contributed by atoms with Gasteiger partial charge in [0.15, 0.2) is 0 Å². The smallest absolute Gasteiger partial charge is 0.229 e. The molecule has 2 aromatic carbocycles. The third-order valence-electron chi connectivity index (χ3n) is 3.84. The van der Waals surface area contributed by atoms with E-state index >= 15 is 0 Å². The van der Waals surface area contributed by atoms with Crippen LogP contribution in [0.15, 0.2) is 42.5 Å². The van der Waals surface area contributed by atoms with Crippen LogP contribution in [0.1, 0.15) is 11.3 Å². The van der Waals surface area contributed by atoms with Crippen molar-refractivity contribution in [2.45, 2.75) is 6.92 Å². The Kier molecular flexibility index (Phi) is 5.82. The van der Waals surface area contributed by atoms with E-state index in [1.807, 2.05) is 13.0 Å². The number of ether oxygens (including phenoxy) is 2. The second-order valence-electron chi connectivity index (χ2n) is 5.85. The first kappa shape index (κ1) is 19.3. The Morgan fingerprint density at radius 1 is 1.00 bits per heavy atom. The molecule has 0 spiro atoms. The van der Waals surface area contributed by atoms with Crippen LogP contribution in [0.2, 0.25) is 5.02 Å². The lowest BCUT2D eigenvalue weighted by atomic mass is 10.2. The monoisotopic (exact) mass is 395 g/mol. The van der Waals surface area contributed by atoms with Crippen LogP contribution in [0.3, 0.4) is 0 Å². The number of rotatable bonds is 6. The third-order valence-corrected chi connectivity index (χ3v) is 4.13. The van der Waals surface area contributed by atoms with Crippen molar-refractivity contribution in [1.82, 2.24) is 9.97 Å². The highest BCUT2D eigenvalue weighted by molar-refractivity contribution is 6.32. The van der Waals surface area contributed by atoms with Gasteiger partial charge in [0, 0.05) is 29.6 Å². The number of nitrogens with one attached hydrogen (secondary N) is 2. The second kappa shape index (κ2) is 8.46. The Bertz CT molecular complexity index is 1050. The van der Waals surface area contributed by atoms with E-state index in [0.29, 0.717) is 39.5 Å². The molecule has 1 heterocycles. The molecule has 0 aliphatic heterocycles. The number of benzene rings is 2. The number of anilines is 4. The number of hydrogen-bond acceptors (Lipinski definition) is 7. The van der Waals surface area contributed by atoms with E-state index in [0.717, 1.165) is 11.4 Å². The summed E-state index contributed by atoms with van der Waals surface area (Å²) in [4.78, 5) is 8.88. The van der Waals surface area contributed by atoms with Gasteiger partial charge in [-0.15, -0.1) is 0 Å². The van der Waals surface area contributed by atoms with Crippen molar-refractivity contribution in [3.63, 3.8) is 0 Å². The van der Waals surface area contributed by atoms with Crippen LogP contribution in [0.5, 0.6) is 11.5 Å². The quantitative estimate of drug-likeness (QED) is 0.618. The second-order valence-corrected chi connectivity index (χ2v) is 6.26. The SMILES string of the molecule is COc1cc(Nc2cc(C)nc(Nc3cccc(C#N)c3)n2)c(OC)cc1Cl. The third kappa shape index (κ3) is 4.42. The van der Waals surface area contributed by atoms with Crippen molar-refractivity contribution in [3.8, 4) is 17.6 Å². The maximum Gasteiger partial charge on any atom is 0.229 e. The Balaban J connectivity index is 1.91. The zero-order chi connectivity index (χ0) is 20.1. The van der Waals surface area contributed by atoms with Gasteiger partial charge in [-0.1, -0.05) is 17.7 Å². The molecule has 0 saturated heterocycles. The fourth-order valence-electron chi connectivity index (χ4n) is 2.58. The molecular formula is C20H18ClN5O2. The molecule has 142 valence electrons. The van der Waals surface area contributed by atoms with E-state index in [1.54, 1.807) is 50.6 Å². The molecular weight excluding hydrogens is 378 g/mol. The van der Waals surface area contributed by atoms with E-state index in [4.69, 9.17) is 26.3 Å². The van der Waals surface area contributed by atoms with Gasteiger partial charge in [-0.05, 0) is 25.1 Å². The molecule has 0 radical (unpaired) electrons. The van der Waals surface area contributed by atoms with Crippen LogP contribution in [-0.2, 0) is 0 Å². The zero-order valence-corrected chi connectivity index (χ0v) is 16.3. The predicted molar refractivity (Wildman–Crippen MR) is 109 cm³/mol. The highest BCUT2D eigenvalue weighted by Crippen LogP contribution is 2.37. The maximum atomic E-state index is 9.04. The van der Waals surface area contributed by atoms with Crippen LogP contribution in [0.4, 0.5) is 23.1 Å². The van der Waals surface area contributed by atoms with Gasteiger partial charge in [-0.2, -0.15) is 10.2 Å². The summed E-state index contributed by atoms with van der Waals surface area (Å²) in [7, 11) is 3.10. The van der Waals surface area contributed by atoms with Crippen LogP contribution in [0.25, 0.3) is 0 Å². The maximum absolute atomic E-state index is 9.04. The van der Waals surface area contributed by atoms with Crippen molar-refractivity contribution in [2.75, 3.05) is 24.9 Å². The van der Waals surface area contributed by atoms with Gasteiger partial charge in [0.25, 0.3) is 0 Å². The van der Waals surface area contributed by atoms with Crippen LogP contribution in [0, 0.1) is 18.3 Å². The fourth-order valence-corrected chi connectivity index (χ4v) is 2.81. The molecule has 2 N–H and O–H groups in total. The number of methoxy groups -OCH3 is 2. The number of nitrogens with zero attached hydrogens (tertiary/aromatic N) is 3. The lowest BCUT2D eigenvalue weighted by molar-refractivity contribution is 0.405. The van der Waals surface area contributed by atoms with E-state index in [2.05, 4.69) is 26.7 Å². The normalized spacial score (nSPS) is 10.1. The fraction of sp³-hybridized carbons (Fsp3) is 0.150. The van der Waals surface area contributed by atoms with E-state index < -0.39 is 0 Å². The number of aromatic nitrogens is 2. The molecule has 0 unspecified atom stereocenters. The summed E-state index contributed by atoms with van der Waals surface area (Å²) in [6.07, 6.45) is 0. The Hall–Kier alpha value is -3.50. The first-order valence-electron chi connectivity index (χ1n) is 8.34. The van der Waals surface area contributed by atoms with Crippen molar-refractivity contribution < 1.29 is 9.47 Å². The van der Waals surface area contributed by atoms with Gasteiger partial charge < -0.3 is 20.1 Å². The summed E-state index contributed by atoms with van der Waals surface area (Å²) in [5.41, 5.74) is 2.69. The summed E-state index contributed by atoms with van der Waals surface area (Å²) in [6, 6.07) is 14.4. The van der Waals surface area contributed by atoms with Gasteiger partial charge in [0.1, 0.15) is 17.3 Å². The summed E-state index contributed by atoms with van der Waals surface area (Å²) < 4.78 is 10.7. The zero-order valence-electron chi connectivity index (χ0n) is 15.6. The first-order valence-corrected chi connectivity index (χ1v) is 8.71. The average molecular weight is 396 g/mol. The summed E-state index contributed by atoms with van der Waals surface area (Å²) in [5, 5.41) is 15.8. The molecule has 3 rings (SSSR count). The predicted octanol–water partition coefficient (Wildman–Crippen LogP) is 4.81. The van der Waals surface area contributed by atoms with Crippen molar-refractivity contribution in [1.29, 1.82) is 5.26 Å². The number of hydrogen-bond donors (Lipinski definition) is 2. The van der Waals surface area contributed by atoms with Gasteiger partial charge >= 0.3 is 0 Å². The van der Waals surface area contributed by atoms with Crippen LogP contribution < -0.4 is 20.1 Å². The van der Waals surface area contributed by atoms with Gasteiger partial charge in [-0.25, -0.2) is 4.98 Å². The molecule has 0 aliphatic carbocycles. The molecule has 0 amide bonds. The van der Waals surface area contributed by atoms with Gasteiger partial charge in [0.05, 0.1) is 36.6 Å². The van der Waals surface area contributed by atoms with Gasteiger partial charge in [-0.3, -0.25) is 0 Å². The number of halogens is 1. The average Bonchev–Trinajstić information content (AvgIpc) is 2.68. The highest BCUT2D eigenvalue weighted by atomic mass is 35.5. The molecule has 1 aromatic heterocycles. The lowest BCUT2D eigenvalue weighted by Gasteiger charge is -2.14. The first-order chi connectivity index (χ1) is 13.5. The standard InChI is InChI=1S/C20H18ClN5O2/c1-12-7-19(25-16-10-17(27-2)15(21)9-18(16)28-3)26-20(23-12)24-14-6-4-5-13(8-14)11-22/h4-10H,1-3H3,(H2,23,24,25,26). The molecule has 0 atom stereocenters. The molecule has 28 heavy (non-hydrogen) atoms. The summed E-state index contributed by atoms with van der Waals surface area (Å²) >= 11 is 6.16. The molecule has 3 aromatic rings. The number of nitriles is 1. The lowest BCUT2D eigenvalue weighted by Crippen LogP contribution is -2.03. The van der Waals surface area contributed by atoms with Crippen LogP contribution in [-0.4, -0.2) is 24.2 Å². The number of aryl methyl sites for hydroxylation is 1. The molecule has 7 nitrogen and oxygen atoms in total. The van der Waals surface area contributed by atoms with Gasteiger partial charge in [0.2, 0.25) is 5.95 Å². The van der Waals surface area contributed by atoms with Crippen LogP contribution >= 0.6 is 11.6 Å². The minimum Gasteiger partial charge on any atom is -0.495 e. The highest BCUT2D eigenvalue weighted by Gasteiger charge is 2.12. The topological polar surface area (TPSA) is 92.1 Å². The Morgan fingerprint density at radius 3 is 2.50 bits per heavy atom. The van der Waals surface area contributed by atoms with E-state index in [-0.39, 0.29) is 0 Å².